The second-order valence-corrected chi connectivity index (χ2v) is 6.79. The van der Waals surface area contributed by atoms with E-state index in [9.17, 15) is 4.79 Å². The van der Waals surface area contributed by atoms with Crippen molar-refractivity contribution in [3.05, 3.63) is 22.4 Å². The van der Waals surface area contributed by atoms with Crippen LogP contribution in [0, 0.1) is 0 Å². The third-order valence-corrected chi connectivity index (χ3v) is 5.04. The fourth-order valence-corrected chi connectivity index (χ4v) is 3.99. The van der Waals surface area contributed by atoms with Crippen LogP contribution < -0.4 is 5.32 Å². The number of hydrogen-bond acceptors (Lipinski definition) is 4. The maximum atomic E-state index is 11.1. The van der Waals surface area contributed by atoms with Gasteiger partial charge in [0.05, 0.1) is 5.37 Å². The Hall–Kier alpha value is -0.520. The molecule has 1 aliphatic rings. The van der Waals surface area contributed by atoms with Gasteiger partial charge in [0, 0.05) is 9.62 Å². The Labute approximate surface area is 96.9 Å². The van der Waals surface area contributed by atoms with E-state index in [1.54, 1.807) is 23.1 Å². The lowest BCUT2D eigenvalue weighted by Gasteiger charge is -2.20. The monoisotopic (exact) mass is 243 g/mol. The molecule has 5 heteroatoms. The zero-order valence-corrected chi connectivity index (χ0v) is 10.2. The number of thiophene rings is 1. The van der Waals surface area contributed by atoms with E-state index in [2.05, 4.69) is 5.32 Å². The average Bonchev–Trinajstić information content (AvgIpc) is 2.69. The van der Waals surface area contributed by atoms with Crippen LogP contribution in [0.1, 0.15) is 24.1 Å². The lowest BCUT2D eigenvalue weighted by Crippen LogP contribution is -2.43. The molecule has 2 heterocycles. The van der Waals surface area contributed by atoms with Gasteiger partial charge in [-0.05, 0) is 25.3 Å². The molecule has 0 aromatic carbocycles. The van der Waals surface area contributed by atoms with Crippen LogP contribution in [-0.2, 0) is 4.79 Å². The highest BCUT2D eigenvalue weighted by atomic mass is 32.2. The zero-order valence-electron chi connectivity index (χ0n) is 8.56. The molecule has 2 atom stereocenters. The van der Waals surface area contributed by atoms with Crippen molar-refractivity contribution in [3.8, 4) is 0 Å². The van der Waals surface area contributed by atoms with Crippen molar-refractivity contribution in [1.29, 1.82) is 0 Å². The van der Waals surface area contributed by atoms with Crippen LogP contribution in [0.15, 0.2) is 17.5 Å². The van der Waals surface area contributed by atoms with Crippen molar-refractivity contribution in [3.63, 3.8) is 0 Å². The molecule has 15 heavy (non-hydrogen) atoms. The van der Waals surface area contributed by atoms with Gasteiger partial charge in [-0.15, -0.1) is 23.1 Å². The van der Waals surface area contributed by atoms with Crippen LogP contribution in [0.3, 0.4) is 0 Å². The summed E-state index contributed by atoms with van der Waals surface area (Å²) in [6.07, 6.45) is 0. The van der Waals surface area contributed by atoms with Crippen LogP contribution in [0.4, 0.5) is 0 Å². The standard InChI is InChI=1S/C10H13NO2S2/c1-10(2)7(9(12)13)11-8(15-10)6-4-3-5-14-6/h3-5,7-8,11H,1-2H3,(H,12,13)/t7-,8-/m1/s1. The number of hydrogen-bond donors (Lipinski definition) is 2. The first-order valence-corrected chi connectivity index (χ1v) is 6.47. The summed E-state index contributed by atoms with van der Waals surface area (Å²) in [5.41, 5.74) is 0. The highest BCUT2D eigenvalue weighted by molar-refractivity contribution is 8.01. The van der Waals surface area contributed by atoms with Gasteiger partial charge in [0.1, 0.15) is 6.04 Å². The zero-order chi connectivity index (χ0) is 11.1. The van der Waals surface area contributed by atoms with Crippen molar-refractivity contribution in [2.24, 2.45) is 0 Å². The van der Waals surface area contributed by atoms with Gasteiger partial charge in [-0.3, -0.25) is 10.1 Å². The fraction of sp³-hybridized carbons (Fsp3) is 0.500. The summed E-state index contributed by atoms with van der Waals surface area (Å²) < 4.78 is -0.263. The highest BCUT2D eigenvalue weighted by Gasteiger charge is 2.45. The van der Waals surface area contributed by atoms with E-state index >= 15 is 0 Å². The van der Waals surface area contributed by atoms with E-state index in [1.807, 2.05) is 31.4 Å². The van der Waals surface area contributed by atoms with Gasteiger partial charge >= 0.3 is 5.97 Å². The van der Waals surface area contributed by atoms with Gasteiger partial charge in [-0.2, -0.15) is 0 Å². The molecule has 2 N–H and O–H groups in total. The largest absolute Gasteiger partial charge is 0.480 e. The van der Waals surface area contributed by atoms with Gasteiger partial charge in [0.25, 0.3) is 0 Å². The lowest BCUT2D eigenvalue weighted by atomic mass is 10.0. The molecule has 0 bridgehead atoms. The van der Waals surface area contributed by atoms with E-state index in [4.69, 9.17) is 5.11 Å². The quantitative estimate of drug-likeness (QED) is 0.837. The third-order valence-electron chi connectivity index (χ3n) is 2.48. The summed E-state index contributed by atoms with van der Waals surface area (Å²) in [4.78, 5) is 12.3. The van der Waals surface area contributed by atoms with E-state index in [1.165, 1.54) is 4.88 Å². The topological polar surface area (TPSA) is 49.3 Å². The van der Waals surface area contributed by atoms with E-state index < -0.39 is 12.0 Å². The summed E-state index contributed by atoms with van der Waals surface area (Å²) in [7, 11) is 0. The average molecular weight is 243 g/mol. The molecule has 2 rings (SSSR count). The van der Waals surface area contributed by atoms with Crippen molar-refractivity contribution in [1.82, 2.24) is 5.32 Å². The minimum atomic E-state index is -0.772. The number of thioether (sulfide) groups is 1. The number of rotatable bonds is 2. The van der Waals surface area contributed by atoms with Gasteiger partial charge in [-0.25, -0.2) is 0 Å². The molecule has 1 saturated heterocycles. The Morgan fingerprint density at radius 1 is 1.60 bits per heavy atom. The normalized spacial score (nSPS) is 29.2. The Bertz CT molecular complexity index is 362. The van der Waals surface area contributed by atoms with Crippen LogP contribution in [0.25, 0.3) is 0 Å². The summed E-state index contributed by atoms with van der Waals surface area (Å²) in [6.45, 7) is 3.94. The molecule has 0 saturated carbocycles. The SMILES string of the molecule is CC1(C)S[C@H](c2cccs2)N[C@@H]1C(=O)O. The van der Waals surface area contributed by atoms with E-state index in [0.717, 1.165) is 0 Å². The molecule has 82 valence electrons. The van der Waals surface area contributed by atoms with Crippen LogP contribution in [-0.4, -0.2) is 21.9 Å². The summed E-state index contributed by atoms with van der Waals surface area (Å²) in [6, 6.07) is 3.55. The van der Waals surface area contributed by atoms with E-state index in [0.29, 0.717) is 0 Å². The van der Waals surface area contributed by atoms with Crippen molar-refractivity contribution in [2.45, 2.75) is 30.0 Å². The minimum Gasteiger partial charge on any atom is -0.480 e. The molecule has 1 aliphatic heterocycles. The number of carboxylic acid groups (broad SMARTS) is 1. The molecule has 3 nitrogen and oxygen atoms in total. The number of carbonyl (C=O) groups is 1. The smallest absolute Gasteiger partial charge is 0.322 e. The molecule has 0 amide bonds. The first-order chi connectivity index (χ1) is 7.00. The number of nitrogens with one attached hydrogen (secondary N) is 1. The molecule has 1 fully saturated rings. The van der Waals surface area contributed by atoms with Gasteiger partial charge in [0.2, 0.25) is 0 Å². The second-order valence-electron chi connectivity index (χ2n) is 4.05. The van der Waals surface area contributed by atoms with Crippen LogP contribution in [0.5, 0.6) is 0 Å². The van der Waals surface area contributed by atoms with Crippen molar-refractivity contribution < 1.29 is 9.90 Å². The molecule has 1 aromatic rings. The molecular weight excluding hydrogens is 230 g/mol. The maximum Gasteiger partial charge on any atom is 0.322 e. The number of carboxylic acids is 1. The molecular formula is C10H13NO2S2. The third kappa shape index (κ3) is 2.04. The van der Waals surface area contributed by atoms with Gasteiger partial charge in [-0.1, -0.05) is 6.07 Å². The molecule has 0 unspecified atom stereocenters. The first kappa shape index (κ1) is 11.0. The van der Waals surface area contributed by atoms with Gasteiger partial charge < -0.3 is 5.11 Å². The van der Waals surface area contributed by atoms with Gasteiger partial charge in [0.15, 0.2) is 0 Å². The maximum absolute atomic E-state index is 11.1. The lowest BCUT2D eigenvalue weighted by molar-refractivity contribution is -0.139. The molecule has 0 radical (unpaired) electrons. The number of aliphatic carboxylic acids is 1. The Morgan fingerprint density at radius 3 is 2.80 bits per heavy atom. The predicted molar refractivity (Wildman–Crippen MR) is 63.3 cm³/mol. The summed E-state index contributed by atoms with van der Waals surface area (Å²) >= 11 is 3.34. The Morgan fingerprint density at radius 2 is 2.33 bits per heavy atom. The predicted octanol–water partition coefficient (Wildman–Crippen LogP) is 2.31. The van der Waals surface area contributed by atoms with Crippen molar-refractivity contribution >= 4 is 29.1 Å². The Kier molecular flexibility index (Phi) is 2.79. The van der Waals surface area contributed by atoms with Crippen LogP contribution in [0.2, 0.25) is 0 Å². The second kappa shape index (κ2) is 3.81. The van der Waals surface area contributed by atoms with E-state index in [-0.39, 0.29) is 10.1 Å². The highest BCUT2D eigenvalue weighted by Crippen LogP contribution is 2.46. The molecule has 0 aliphatic carbocycles. The summed E-state index contributed by atoms with van der Waals surface area (Å²) in [5.74, 6) is -0.772. The van der Waals surface area contributed by atoms with Crippen molar-refractivity contribution in [2.75, 3.05) is 0 Å². The summed E-state index contributed by atoms with van der Waals surface area (Å²) in [5, 5.41) is 14.4. The molecule has 1 aromatic heterocycles. The Balaban J connectivity index is 2.19. The first-order valence-electron chi connectivity index (χ1n) is 4.71. The van der Waals surface area contributed by atoms with Crippen LogP contribution >= 0.6 is 23.1 Å². The molecule has 0 spiro atoms. The fourth-order valence-electron chi connectivity index (χ4n) is 1.71. The minimum absolute atomic E-state index is 0.112.